The summed E-state index contributed by atoms with van der Waals surface area (Å²) in [6.07, 6.45) is 2.58. The van der Waals surface area contributed by atoms with Crippen LogP contribution in [-0.4, -0.2) is 16.0 Å². The predicted octanol–water partition coefficient (Wildman–Crippen LogP) is 4.44. The van der Waals surface area contributed by atoms with Crippen LogP contribution in [0.25, 0.3) is 0 Å². The van der Waals surface area contributed by atoms with Gasteiger partial charge in [0.1, 0.15) is 0 Å². The Labute approximate surface area is 180 Å². The van der Waals surface area contributed by atoms with Crippen molar-refractivity contribution >= 4 is 0 Å². The Bertz CT molecular complexity index is 1190. The second-order valence-electron chi connectivity index (χ2n) is 8.11. The molecule has 158 valence electrons. The quantitative estimate of drug-likeness (QED) is 0.614. The van der Waals surface area contributed by atoms with Crippen LogP contribution in [0.4, 0.5) is 8.78 Å². The van der Waals surface area contributed by atoms with Crippen LogP contribution in [-0.2, 0) is 32.0 Å². The highest BCUT2D eigenvalue weighted by Crippen LogP contribution is 2.27. The fourth-order valence-corrected chi connectivity index (χ4v) is 4.00. The number of aromatic nitrogens is 1. The third-order valence-corrected chi connectivity index (χ3v) is 5.72. The van der Waals surface area contributed by atoms with Gasteiger partial charge in [-0.3, -0.25) is 9.69 Å². The van der Waals surface area contributed by atoms with Gasteiger partial charge in [-0.2, -0.15) is 5.26 Å². The van der Waals surface area contributed by atoms with E-state index in [2.05, 4.69) is 11.0 Å². The Kier molecular flexibility index (Phi) is 5.71. The van der Waals surface area contributed by atoms with Crippen molar-refractivity contribution in [3.63, 3.8) is 0 Å². The van der Waals surface area contributed by atoms with Gasteiger partial charge in [-0.05, 0) is 41.3 Å². The van der Waals surface area contributed by atoms with E-state index in [1.807, 2.05) is 24.3 Å². The Morgan fingerprint density at radius 3 is 2.55 bits per heavy atom. The maximum absolute atomic E-state index is 13.4. The third-order valence-electron chi connectivity index (χ3n) is 5.72. The van der Waals surface area contributed by atoms with Gasteiger partial charge >= 0.3 is 0 Å². The molecule has 0 saturated heterocycles. The molecule has 1 aromatic heterocycles. The predicted molar refractivity (Wildman–Crippen MR) is 115 cm³/mol. The van der Waals surface area contributed by atoms with Crippen molar-refractivity contribution < 1.29 is 8.78 Å². The van der Waals surface area contributed by atoms with Crippen molar-refractivity contribution in [1.82, 2.24) is 9.47 Å². The molecule has 31 heavy (non-hydrogen) atoms. The number of fused-ring (bicyclic) bond motifs is 1. The maximum atomic E-state index is 13.4. The lowest BCUT2D eigenvalue weighted by Gasteiger charge is -2.28. The average molecular weight is 419 g/mol. The molecule has 0 N–H and O–H groups in total. The molecule has 4 nitrogen and oxygen atoms in total. The zero-order valence-electron chi connectivity index (χ0n) is 17.3. The highest BCUT2D eigenvalue weighted by molar-refractivity contribution is 5.33. The summed E-state index contributed by atoms with van der Waals surface area (Å²) in [7, 11) is 0. The molecule has 6 heteroatoms. The van der Waals surface area contributed by atoms with Gasteiger partial charge in [0, 0.05) is 43.9 Å². The van der Waals surface area contributed by atoms with Gasteiger partial charge < -0.3 is 4.57 Å². The van der Waals surface area contributed by atoms with Crippen molar-refractivity contribution in [2.75, 3.05) is 6.54 Å². The zero-order valence-corrected chi connectivity index (χ0v) is 17.3. The molecule has 1 aliphatic rings. The molecule has 0 aliphatic carbocycles. The van der Waals surface area contributed by atoms with Gasteiger partial charge in [-0.15, -0.1) is 0 Å². The summed E-state index contributed by atoms with van der Waals surface area (Å²) in [5, 5.41) is 9.10. The van der Waals surface area contributed by atoms with Gasteiger partial charge in [0.15, 0.2) is 0 Å². The lowest BCUT2D eigenvalue weighted by Crippen LogP contribution is -2.36. The number of hydrogen-bond acceptors (Lipinski definition) is 3. The Morgan fingerprint density at radius 2 is 1.84 bits per heavy atom. The molecule has 4 rings (SSSR count). The van der Waals surface area contributed by atoms with Crippen LogP contribution in [0, 0.1) is 11.3 Å². The van der Waals surface area contributed by atoms with Gasteiger partial charge in [-0.1, -0.05) is 36.4 Å². The van der Waals surface area contributed by atoms with Crippen LogP contribution < -0.4 is 5.56 Å². The van der Waals surface area contributed by atoms with E-state index >= 15 is 0 Å². The number of nitriles is 1. The molecule has 0 amide bonds. The van der Waals surface area contributed by atoms with E-state index in [4.69, 9.17) is 5.26 Å². The zero-order chi connectivity index (χ0) is 22.0. The first-order valence-corrected chi connectivity index (χ1v) is 10.2. The summed E-state index contributed by atoms with van der Waals surface area (Å²) in [6.45, 7) is 3.28. The molecule has 0 bridgehead atoms. The van der Waals surface area contributed by atoms with E-state index in [0.29, 0.717) is 25.2 Å². The van der Waals surface area contributed by atoms with Gasteiger partial charge in [0.2, 0.25) is 0 Å². The van der Waals surface area contributed by atoms with E-state index in [1.165, 1.54) is 12.1 Å². The topological polar surface area (TPSA) is 49.0 Å². The van der Waals surface area contributed by atoms with Gasteiger partial charge in [-0.25, -0.2) is 8.78 Å². The van der Waals surface area contributed by atoms with Crippen LogP contribution in [0.2, 0.25) is 0 Å². The standard InChI is InChI=1S/C25H23F2N3O/c1-25(26,27)22-7-5-18(6-8-22)16-30-12-10-21-9-11-29(17-23(21)24(30)31)15-20-4-2-3-19(13-20)14-28/h2-8,10,12-13H,9,11,15-17H2,1H3. The minimum Gasteiger partial charge on any atom is -0.311 e. The van der Waals surface area contributed by atoms with Gasteiger partial charge in [0.25, 0.3) is 11.5 Å². The van der Waals surface area contributed by atoms with E-state index in [0.717, 1.165) is 42.1 Å². The fourth-order valence-electron chi connectivity index (χ4n) is 4.00. The van der Waals surface area contributed by atoms with E-state index in [9.17, 15) is 13.6 Å². The second-order valence-corrected chi connectivity index (χ2v) is 8.11. The number of halogens is 2. The molecule has 0 atom stereocenters. The minimum absolute atomic E-state index is 0.0369. The fraction of sp³-hybridized carbons (Fsp3) is 0.280. The minimum atomic E-state index is -2.88. The molecule has 1 aliphatic heterocycles. The SMILES string of the molecule is CC(F)(F)c1ccc(Cn2ccc3c(c2=O)CN(Cc2cccc(C#N)c2)CC3)cc1. The normalized spacial score (nSPS) is 14.1. The average Bonchev–Trinajstić information content (AvgIpc) is 2.76. The van der Waals surface area contributed by atoms with Crippen LogP contribution in [0.5, 0.6) is 0 Å². The molecular weight excluding hydrogens is 396 g/mol. The Hall–Kier alpha value is -3.30. The van der Waals surface area contributed by atoms with Crippen molar-refractivity contribution in [1.29, 1.82) is 5.26 Å². The summed E-state index contributed by atoms with van der Waals surface area (Å²) in [5.41, 5.74) is 4.24. The van der Waals surface area contributed by atoms with Crippen LogP contribution >= 0.6 is 0 Å². The summed E-state index contributed by atoms with van der Waals surface area (Å²) in [5.74, 6) is -2.88. The Morgan fingerprint density at radius 1 is 1.06 bits per heavy atom. The first-order chi connectivity index (χ1) is 14.8. The summed E-state index contributed by atoms with van der Waals surface area (Å²) < 4.78 is 28.5. The van der Waals surface area contributed by atoms with Crippen molar-refractivity contribution in [3.05, 3.63) is 105 Å². The molecule has 0 fully saturated rings. The smallest absolute Gasteiger partial charge is 0.270 e. The second kappa shape index (κ2) is 8.44. The number of rotatable bonds is 5. The first-order valence-electron chi connectivity index (χ1n) is 10.2. The van der Waals surface area contributed by atoms with Gasteiger partial charge in [0.05, 0.1) is 18.2 Å². The first kappa shape index (κ1) is 21.0. The summed E-state index contributed by atoms with van der Waals surface area (Å²) >= 11 is 0. The number of benzene rings is 2. The Balaban J connectivity index is 1.52. The van der Waals surface area contributed by atoms with Crippen LogP contribution in [0.1, 0.15) is 40.3 Å². The van der Waals surface area contributed by atoms with Crippen molar-refractivity contribution in [3.8, 4) is 6.07 Å². The van der Waals surface area contributed by atoms with Crippen LogP contribution in [0.3, 0.4) is 0 Å². The molecule has 2 heterocycles. The number of pyridine rings is 1. The molecule has 0 unspecified atom stereocenters. The summed E-state index contributed by atoms with van der Waals surface area (Å²) in [4.78, 5) is 15.3. The molecule has 3 aromatic rings. The van der Waals surface area contributed by atoms with Crippen molar-refractivity contribution in [2.45, 2.75) is 38.9 Å². The highest BCUT2D eigenvalue weighted by atomic mass is 19.3. The summed E-state index contributed by atoms with van der Waals surface area (Å²) in [6, 6.07) is 17.8. The largest absolute Gasteiger partial charge is 0.311 e. The maximum Gasteiger partial charge on any atom is 0.270 e. The van der Waals surface area contributed by atoms with Crippen LogP contribution in [0.15, 0.2) is 65.6 Å². The molecule has 2 aromatic carbocycles. The van der Waals surface area contributed by atoms with Crippen molar-refractivity contribution in [2.24, 2.45) is 0 Å². The molecule has 0 radical (unpaired) electrons. The highest BCUT2D eigenvalue weighted by Gasteiger charge is 2.24. The van der Waals surface area contributed by atoms with E-state index in [1.54, 1.807) is 29.0 Å². The van der Waals surface area contributed by atoms with E-state index < -0.39 is 5.92 Å². The van der Waals surface area contributed by atoms with E-state index in [-0.39, 0.29) is 11.1 Å². The molecular formula is C25H23F2N3O. The number of nitrogens with zero attached hydrogens (tertiary/aromatic N) is 3. The number of hydrogen-bond donors (Lipinski definition) is 0. The molecule has 0 saturated carbocycles. The lowest BCUT2D eigenvalue weighted by molar-refractivity contribution is 0.0174. The third kappa shape index (κ3) is 4.73. The molecule has 0 spiro atoms. The monoisotopic (exact) mass is 419 g/mol. The number of alkyl halides is 2. The lowest BCUT2D eigenvalue weighted by atomic mass is 10.0.